The summed E-state index contributed by atoms with van der Waals surface area (Å²) in [5, 5.41) is 21.2. The maximum Gasteiger partial charge on any atom is 0.273 e. The fourth-order valence-corrected chi connectivity index (χ4v) is 3.39. The van der Waals surface area contributed by atoms with Crippen molar-refractivity contribution >= 4 is 5.91 Å². The van der Waals surface area contributed by atoms with Gasteiger partial charge in [0.15, 0.2) is 5.69 Å². The SMILES string of the molecule is COc1ccc(O)c(CN2CCCC(n3cc(C(=O)NCC(C)C)nn3)C2)c1. The van der Waals surface area contributed by atoms with Crippen LogP contribution in [0.25, 0.3) is 0 Å². The summed E-state index contributed by atoms with van der Waals surface area (Å²) in [5.74, 6) is 1.20. The van der Waals surface area contributed by atoms with E-state index in [0.717, 1.165) is 37.2 Å². The zero-order valence-electron chi connectivity index (χ0n) is 16.8. The molecule has 1 fully saturated rings. The molecular formula is C20H29N5O3. The average Bonchev–Trinajstić information content (AvgIpc) is 3.18. The lowest BCUT2D eigenvalue weighted by Gasteiger charge is -2.32. The minimum absolute atomic E-state index is 0.153. The third kappa shape index (κ3) is 5.01. The number of nitrogens with zero attached hydrogens (tertiary/aromatic N) is 4. The van der Waals surface area contributed by atoms with E-state index < -0.39 is 0 Å². The van der Waals surface area contributed by atoms with Crippen LogP contribution >= 0.6 is 0 Å². The zero-order valence-corrected chi connectivity index (χ0v) is 16.8. The van der Waals surface area contributed by atoms with E-state index >= 15 is 0 Å². The molecule has 0 radical (unpaired) electrons. The zero-order chi connectivity index (χ0) is 20.1. The number of hydrogen-bond acceptors (Lipinski definition) is 6. The van der Waals surface area contributed by atoms with Gasteiger partial charge in [-0.1, -0.05) is 19.1 Å². The van der Waals surface area contributed by atoms with E-state index in [0.29, 0.717) is 24.7 Å². The predicted molar refractivity (Wildman–Crippen MR) is 105 cm³/mol. The monoisotopic (exact) mass is 387 g/mol. The van der Waals surface area contributed by atoms with Crippen LogP contribution in [0.4, 0.5) is 0 Å². The summed E-state index contributed by atoms with van der Waals surface area (Å²) in [5.41, 5.74) is 1.19. The normalized spacial score (nSPS) is 17.6. The molecule has 152 valence electrons. The Morgan fingerprint density at radius 1 is 1.43 bits per heavy atom. The molecule has 0 saturated carbocycles. The molecule has 8 nitrogen and oxygen atoms in total. The standard InChI is InChI=1S/C20H29N5O3/c1-14(2)10-21-20(27)18-13-25(23-22-18)16-5-4-8-24(12-16)11-15-9-17(28-3)6-7-19(15)26/h6-7,9,13-14,16,26H,4-5,8,10-12H2,1-3H3,(H,21,27). The van der Waals surface area contributed by atoms with Crippen LogP contribution < -0.4 is 10.1 Å². The quantitative estimate of drug-likeness (QED) is 0.757. The number of carbonyl (C=O) groups is 1. The van der Waals surface area contributed by atoms with Crippen molar-refractivity contribution < 1.29 is 14.6 Å². The fraction of sp³-hybridized carbons (Fsp3) is 0.550. The lowest BCUT2D eigenvalue weighted by atomic mass is 10.0. The Labute approximate surface area is 165 Å². The Balaban J connectivity index is 1.63. The Morgan fingerprint density at radius 3 is 3.00 bits per heavy atom. The molecule has 2 N–H and O–H groups in total. The number of ether oxygens (including phenoxy) is 1. The molecule has 3 rings (SSSR count). The molecule has 0 spiro atoms. The molecule has 28 heavy (non-hydrogen) atoms. The highest BCUT2D eigenvalue weighted by Crippen LogP contribution is 2.27. The second-order valence-electron chi connectivity index (χ2n) is 7.71. The molecule has 0 aliphatic carbocycles. The van der Waals surface area contributed by atoms with Crippen LogP contribution in [0.2, 0.25) is 0 Å². The molecule has 1 aliphatic heterocycles. The van der Waals surface area contributed by atoms with Gasteiger partial charge in [-0.25, -0.2) is 4.68 Å². The molecule has 2 heterocycles. The van der Waals surface area contributed by atoms with Gasteiger partial charge < -0.3 is 15.2 Å². The van der Waals surface area contributed by atoms with Gasteiger partial charge in [-0.2, -0.15) is 0 Å². The smallest absolute Gasteiger partial charge is 0.273 e. The molecule has 2 aromatic rings. The first-order valence-electron chi connectivity index (χ1n) is 9.74. The number of amides is 1. The first-order valence-corrected chi connectivity index (χ1v) is 9.74. The Kier molecular flexibility index (Phi) is 6.51. The van der Waals surface area contributed by atoms with E-state index in [2.05, 4.69) is 20.5 Å². The van der Waals surface area contributed by atoms with Crippen molar-refractivity contribution in [3.05, 3.63) is 35.7 Å². The van der Waals surface area contributed by atoms with Crippen molar-refractivity contribution in [2.75, 3.05) is 26.7 Å². The number of carbonyl (C=O) groups excluding carboxylic acids is 1. The van der Waals surface area contributed by atoms with Crippen molar-refractivity contribution in [3.8, 4) is 11.5 Å². The number of aromatic nitrogens is 3. The number of likely N-dealkylation sites (tertiary alicyclic amines) is 1. The first kappa shape index (κ1) is 20.1. The summed E-state index contributed by atoms with van der Waals surface area (Å²) in [4.78, 5) is 14.5. The Morgan fingerprint density at radius 2 is 2.25 bits per heavy atom. The highest BCUT2D eigenvalue weighted by molar-refractivity contribution is 5.91. The van der Waals surface area contributed by atoms with Crippen LogP contribution in [0.15, 0.2) is 24.4 Å². The van der Waals surface area contributed by atoms with Crippen LogP contribution in [-0.4, -0.2) is 57.7 Å². The van der Waals surface area contributed by atoms with Crippen LogP contribution in [0.5, 0.6) is 11.5 Å². The van der Waals surface area contributed by atoms with Gasteiger partial charge in [0.2, 0.25) is 0 Å². The summed E-state index contributed by atoms with van der Waals surface area (Å²) < 4.78 is 7.05. The highest BCUT2D eigenvalue weighted by Gasteiger charge is 2.24. The van der Waals surface area contributed by atoms with Gasteiger partial charge in [-0.15, -0.1) is 5.10 Å². The number of phenolic OH excluding ortho intramolecular Hbond substituents is 1. The van der Waals surface area contributed by atoms with Crippen molar-refractivity contribution in [3.63, 3.8) is 0 Å². The summed E-state index contributed by atoms with van der Waals surface area (Å²) in [6, 6.07) is 5.43. The van der Waals surface area contributed by atoms with E-state index in [1.165, 1.54) is 0 Å². The number of piperidine rings is 1. The number of methoxy groups -OCH3 is 1. The molecule has 1 aromatic carbocycles. The van der Waals surface area contributed by atoms with Gasteiger partial charge in [-0.3, -0.25) is 9.69 Å². The van der Waals surface area contributed by atoms with Gasteiger partial charge in [0.25, 0.3) is 5.91 Å². The highest BCUT2D eigenvalue weighted by atomic mass is 16.5. The van der Waals surface area contributed by atoms with Crippen LogP contribution in [-0.2, 0) is 6.54 Å². The molecule has 1 saturated heterocycles. The van der Waals surface area contributed by atoms with Crippen molar-refractivity contribution in [1.29, 1.82) is 0 Å². The Bertz CT molecular complexity index is 805. The van der Waals surface area contributed by atoms with Gasteiger partial charge >= 0.3 is 0 Å². The third-order valence-electron chi connectivity index (χ3n) is 4.95. The molecule has 0 bridgehead atoms. The van der Waals surface area contributed by atoms with Crippen LogP contribution in [0.3, 0.4) is 0 Å². The van der Waals surface area contributed by atoms with Gasteiger partial charge in [0.1, 0.15) is 11.5 Å². The van der Waals surface area contributed by atoms with Crippen LogP contribution in [0, 0.1) is 5.92 Å². The third-order valence-corrected chi connectivity index (χ3v) is 4.95. The molecule has 1 unspecified atom stereocenters. The van der Waals surface area contributed by atoms with E-state index in [4.69, 9.17) is 4.74 Å². The number of phenols is 1. The fourth-order valence-electron chi connectivity index (χ4n) is 3.39. The Hall–Kier alpha value is -2.61. The number of nitrogens with one attached hydrogen (secondary N) is 1. The van der Waals surface area contributed by atoms with Gasteiger partial charge in [0, 0.05) is 25.2 Å². The van der Waals surface area contributed by atoms with E-state index in [1.807, 2.05) is 19.9 Å². The van der Waals surface area contributed by atoms with Crippen LogP contribution in [0.1, 0.15) is 48.8 Å². The molecule has 8 heteroatoms. The number of hydrogen-bond donors (Lipinski definition) is 2. The molecule has 1 aromatic heterocycles. The number of aromatic hydroxyl groups is 1. The maximum absolute atomic E-state index is 12.2. The molecule has 1 aliphatic rings. The first-order chi connectivity index (χ1) is 13.5. The molecule has 1 amide bonds. The van der Waals surface area contributed by atoms with Gasteiger partial charge in [0.05, 0.1) is 19.3 Å². The van der Waals surface area contributed by atoms with E-state index in [9.17, 15) is 9.90 Å². The van der Waals surface area contributed by atoms with Gasteiger partial charge in [-0.05, 0) is 43.5 Å². The summed E-state index contributed by atoms with van der Waals surface area (Å²) in [6.45, 7) is 7.08. The van der Waals surface area contributed by atoms with Crippen molar-refractivity contribution in [1.82, 2.24) is 25.2 Å². The summed E-state index contributed by atoms with van der Waals surface area (Å²) >= 11 is 0. The molecular weight excluding hydrogens is 358 g/mol. The van der Waals surface area contributed by atoms with Crippen molar-refractivity contribution in [2.24, 2.45) is 5.92 Å². The number of rotatable bonds is 7. The molecule has 1 atom stereocenters. The minimum Gasteiger partial charge on any atom is -0.508 e. The summed E-state index contributed by atoms with van der Waals surface area (Å²) in [7, 11) is 1.62. The van der Waals surface area contributed by atoms with Crippen molar-refractivity contribution in [2.45, 2.75) is 39.3 Å². The maximum atomic E-state index is 12.2. The minimum atomic E-state index is -0.186. The number of benzene rings is 1. The topological polar surface area (TPSA) is 92.5 Å². The second-order valence-corrected chi connectivity index (χ2v) is 7.71. The largest absolute Gasteiger partial charge is 0.508 e. The van der Waals surface area contributed by atoms with E-state index in [1.54, 1.807) is 30.1 Å². The summed E-state index contributed by atoms with van der Waals surface area (Å²) in [6.07, 6.45) is 3.73. The average molecular weight is 387 g/mol. The van der Waals surface area contributed by atoms with E-state index in [-0.39, 0.29) is 17.7 Å². The predicted octanol–water partition coefficient (Wildman–Crippen LogP) is 2.22. The second kappa shape index (κ2) is 9.05. The lowest BCUT2D eigenvalue weighted by Crippen LogP contribution is -2.36. The lowest BCUT2D eigenvalue weighted by molar-refractivity contribution is 0.0944.